The molecule has 0 aromatic heterocycles. The standard InChI is InChI=1S/C13H23N.C9H10O2.C4H10/c1-7-8-12(4)13(11(2)3)9-10-14(5)6;1-7-3-5-8(6-4-7)9(10)11-2;1-3-4-2/h7-8H,1,9-10H2,2-6H3;3-6H,1-2H3;3-4H2,1-2H3/b12-8-;;. The Morgan fingerprint density at radius 1 is 1.07 bits per heavy atom. The summed E-state index contributed by atoms with van der Waals surface area (Å²) in [6.45, 7) is 17.7. The van der Waals surface area contributed by atoms with Crippen LogP contribution in [0.15, 0.2) is 59.7 Å². The van der Waals surface area contributed by atoms with Crippen LogP contribution in [0.5, 0.6) is 0 Å². The third-order valence-electron chi connectivity index (χ3n) is 4.23. The molecule has 0 unspecified atom stereocenters. The lowest BCUT2D eigenvalue weighted by Gasteiger charge is -2.14. The monoisotopic (exact) mass is 401 g/mol. The second kappa shape index (κ2) is 17.9. The molecule has 0 fully saturated rings. The summed E-state index contributed by atoms with van der Waals surface area (Å²) in [6, 6.07) is 7.26. The van der Waals surface area contributed by atoms with Crippen molar-refractivity contribution in [2.24, 2.45) is 0 Å². The number of rotatable bonds is 7. The van der Waals surface area contributed by atoms with Crippen LogP contribution < -0.4 is 0 Å². The topological polar surface area (TPSA) is 29.5 Å². The molecule has 0 aliphatic carbocycles. The Hall–Kier alpha value is -2.13. The molecule has 0 amide bonds. The summed E-state index contributed by atoms with van der Waals surface area (Å²) < 4.78 is 4.54. The number of methoxy groups -OCH3 is 1. The van der Waals surface area contributed by atoms with E-state index in [1.165, 1.54) is 36.7 Å². The second-order valence-corrected chi connectivity index (χ2v) is 7.47. The maximum atomic E-state index is 10.9. The predicted octanol–water partition coefficient (Wildman–Crippen LogP) is 6.99. The summed E-state index contributed by atoms with van der Waals surface area (Å²) in [7, 11) is 5.59. The largest absolute Gasteiger partial charge is 0.465 e. The van der Waals surface area contributed by atoms with E-state index in [9.17, 15) is 4.79 Å². The Morgan fingerprint density at radius 3 is 1.93 bits per heavy atom. The van der Waals surface area contributed by atoms with Gasteiger partial charge in [-0.3, -0.25) is 0 Å². The molecule has 0 heterocycles. The summed E-state index contributed by atoms with van der Waals surface area (Å²) in [6.07, 6.45) is 7.69. The van der Waals surface area contributed by atoms with E-state index in [1.54, 1.807) is 12.1 Å². The Morgan fingerprint density at radius 2 is 1.59 bits per heavy atom. The smallest absolute Gasteiger partial charge is 0.337 e. The van der Waals surface area contributed by atoms with Crippen molar-refractivity contribution in [2.75, 3.05) is 27.7 Å². The van der Waals surface area contributed by atoms with Gasteiger partial charge < -0.3 is 9.64 Å². The zero-order chi connectivity index (χ0) is 22.8. The van der Waals surface area contributed by atoms with Gasteiger partial charge in [-0.1, -0.05) is 68.7 Å². The summed E-state index contributed by atoms with van der Waals surface area (Å²) in [4.78, 5) is 13.1. The van der Waals surface area contributed by atoms with E-state index in [0.717, 1.165) is 18.5 Å². The number of carbonyl (C=O) groups excluding carboxylic acids is 1. The van der Waals surface area contributed by atoms with Crippen LogP contribution in [0.1, 0.15) is 69.8 Å². The van der Waals surface area contributed by atoms with Crippen LogP contribution in [0.4, 0.5) is 0 Å². The molecule has 0 atom stereocenters. The number of esters is 1. The fourth-order valence-electron chi connectivity index (χ4n) is 2.26. The molecule has 0 saturated carbocycles. The first-order chi connectivity index (χ1) is 13.6. The van der Waals surface area contributed by atoms with Crippen molar-refractivity contribution in [2.45, 2.75) is 60.8 Å². The van der Waals surface area contributed by atoms with Gasteiger partial charge in [0.2, 0.25) is 0 Å². The minimum atomic E-state index is -0.287. The number of hydrogen-bond donors (Lipinski definition) is 0. The second-order valence-electron chi connectivity index (χ2n) is 7.47. The normalized spacial score (nSPS) is 10.2. The molecule has 0 saturated heterocycles. The molecule has 0 radical (unpaired) electrons. The van der Waals surface area contributed by atoms with Crippen LogP contribution in [0, 0.1) is 6.92 Å². The molecule has 164 valence electrons. The summed E-state index contributed by atoms with van der Waals surface area (Å²) >= 11 is 0. The number of benzene rings is 1. The van der Waals surface area contributed by atoms with Crippen molar-refractivity contribution in [1.29, 1.82) is 0 Å². The van der Waals surface area contributed by atoms with Gasteiger partial charge in [0.1, 0.15) is 0 Å². The van der Waals surface area contributed by atoms with Gasteiger partial charge >= 0.3 is 5.97 Å². The van der Waals surface area contributed by atoms with Crippen LogP contribution in [0.25, 0.3) is 0 Å². The number of unbranched alkanes of at least 4 members (excludes halogenated alkanes) is 1. The average molecular weight is 402 g/mol. The van der Waals surface area contributed by atoms with E-state index >= 15 is 0 Å². The molecule has 1 aromatic carbocycles. The molecule has 0 aliphatic heterocycles. The number of ether oxygens (including phenoxy) is 1. The fourth-order valence-corrected chi connectivity index (χ4v) is 2.26. The van der Waals surface area contributed by atoms with Crippen LogP contribution in [0.2, 0.25) is 0 Å². The van der Waals surface area contributed by atoms with Crippen molar-refractivity contribution in [3.63, 3.8) is 0 Å². The molecule has 3 nitrogen and oxygen atoms in total. The molecular formula is C26H43NO2. The average Bonchev–Trinajstić information content (AvgIpc) is 2.68. The van der Waals surface area contributed by atoms with E-state index in [-0.39, 0.29) is 5.97 Å². The fraction of sp³-hybridized carbons (Fsp3) is 0.500. The van der Waals surface area contributed by atoms with Crippen molar-refractivity contribution >= 4 is 5.97 Å². The highest BCUT2D eigenvalue weighted by molar-refractivity contribution is 5.89. The first-order valence-electron chi connectivity index (χ1n) is 10.4. The van der Waals surface area contributed by atoms with Gasteiger partial charge in [-0.25, -0.2) is 4.79 Å². The van der Waals surface area contributed by atoms with E-state index in [1.807, 2.05) is 25.1 Å². The van der Waals surface area contributed by atoms with Gasteiger partial charge in [-0.05, 0) is 71.5 Å². The number of carbonyl (C=O) groups is 1. The predicted molar refractivity (Wildman–Crippen MR) is 129 cm³/mol. The number of hydrogen-bond acceptors (Lipinski definition) is 3. The van der Waals surface area contributed by atoms with Gasteiger partial charge in [0.05, 0.1) is 12.7 Å². The molecule has 0 N–H and O–H groups in total. The highest BCUT2D eigenvalue weighted by atomic mass is 16.5. The molecule has 0 aliphatic rings. The van der Waals surface area contributed by atoms with E-state index in [4.69, 9.17) is 0 Å². The van der Waals surface area contributed by atoms with Gasteiger partial charge in [0, 0.05) is 6.54 Å². The van der Waals surface area contributed by atoms with Gasteiger partial charge in [-0.2, -0.15) is 0 Å². The molecule has 3 heteroatoms. The number of allylic oxidation sites excluding steroid dienone is 4. The third-order valence-corrected chi connectivity index (χ3v) is 4.23. The summed E-state index contributed by atoms with van der Waals surface area (Å²) in [5.74, 6) is -0.287. The van der Waals surface area contributed by atoms with Gasteiger partial charge in [0.25, 0.3) is 0 Å². The van der Waals surface area contributed by atoms with Crippen molar-refractivity contribution in [1.82, 2.24) is 4.90 Å². The van der Waals surface area contributed by atoms with Gasteiger partial charge in [0.15, 0.2) is 0 Å². The Kier molecular flexibility index (Phi) is 18.0. The van der Waals surface area contributed by atoms with E-state index in [0.29, 0.717) is 5.56 Å². The SMILES string of the molecule is C=C/C=C(/C)C(CCN(C)C)=C(C)C.CCCC.COC(=O)c1ccc(C)cc1. The number of nitrogens with zero attached hydrogens (tertiary/aromatic N) is 1. The van der Waals surface area contributed by atoms with Crippen LogP contribution in [-0.2, 0) is 4.74 Å². The summed E-state index contributed by atoms with van der Waals surface area (Å²) in [5.41, 5.74) is 5.93. The third kappa shape index (κ3) is 15.5. The minimum absolute atomic E-state index is 0.287. The van der Waals surface area contributed by atoms with Crippen molar-refractivity contribution in [3.8, 4) is 0 Å². The highest BCUT2D eigenvalue weighted by Gasteiger charge is 2.03. The molecule has 1 aromatic rings. The minimum Gasteiger partial charge on any atom is -0.465 e. The maximum Gasteiger partial charge on any atom is 0.337 e. The lowest BCUT2D eigenvalue weighted by Crippen LogP contribution is -2.14. The zero-order valence-corrected chi connectivity index (χ0v) is 20.3. The quantitative estimate of drug-likeness (QED) is 0.364. The van der Waals surface area contributed by atoms with E-state index < -0.39 is 0 Å². The zero-order valence-electron chi connectivity index (χ0n) is 20.3. The van der Waals surface area contributed by atoms with Crippen LogP contribution >= 0.6 is 0 Å². The van der Waals surface area contributed by atoms with Crippen molar-refractivity contribution in [3.05, 3.63) is 70.8 Å². The molecule has 1 rings (SSSR count). The Bertz CT molecular complexity index is 631. The first kappa shape index (κ1) is 29.1. The lowest BCUT2D eigenvalue weighted by molar-refractivity contribution is 0.0600. The number of aryl methyl sites for hydroxylation is 1. The first-order valence-corrected chi connectivity index (χ1v) is 10.4. The maximum absolute atomic E-state index is 10.9. The van der Waals surface area contributed by atoms with Crippen LogP contribution in [-0.4, -0.2) is 38.6 Å². The Labute approximate surface area is 180 Å². The molecule has 0 spiro atoms. The van der Waals surface area contributed by atoms with Gasteiger partial charge in [-0.15, -0.1) is 0 Å². The lowest BCUT2D eigenvalue weighted by atomic mass is 9.99. The molecule has 0 bridgehead atoms. The van der Waals surface area contributed by atoms with E-state index in [2.05, 4.69) is 71.0 Å². The Balaban J connectivity index is 0. The summed E-state index contributed by atoms with van der Waals surface area (Å²) in [5, 5.41) is 0. The van der Waals surface area contributed by atoms with Crippen molar-refractivity contribution < 1.29 is 9.53 Å². The molecular weight excluding hydrogens is 358 g/mol. The van der Waals surface area contributed by atoms with Crippen LogP contribution in [0.3, 0.4) is 0 Å². The molecule has 29 heavy (non-hydrogen) atoms. The highest BCUT2D eigenvalue weighted by Crippen LogP contribution is 2.18.